The molecular formula is C25H28F7IN2O2SSi. The number of benzene rings is 2. The molecule has 2 N–H and O–H groups in total. The summed E-state index contributed by atoms with van der Waals surface area (Å²) < 4.78 is 93.6. The zero-order valence-electron chi connectivity index (χ0n) is 21.7. The second-order valence-corrected chi connectivity index (χ2v) is 18.4. The molecule has 1 unspecified atom stereocenters. The smallest absolute Gasteiger partial charge is 0.349 e. The Labute approximate surface area is 241 Å². The number of carbonyl (C=O) groups is 2. The summed E-state index contributed by atoms with van der Waals surface area (Å²) in [6.07, 6.45) is -12.5. The van der Waals surface area contributed by atoms with E-state index in [1.54, 1.807) is 23.9 Å². The summed E-state index contributed by atoms with van der Waals surface area (Å²) in [7, 11) is -1.27. The minimum atomic E-state index is -6.25. The Balaban J connectivity index is 2.30. The fourth-order valence-corrected chi connectivity index (χ4v) is 7.62. The maximum absolute atomic E-state index is 14.4. The third-order valence-corrected chi connectivity index (χ3v) is 11.3. The fourth-order valence-electron chi connectivity index (χ4n) is 3.52. The number of halogens is 8. The van der Waals surface area contributed by atoms with Gasteiger partial charge in [0.05, 0.1) is 19.2 Å². The molecule has 0 aliphatic rings. The van der Waals surface area contributed by atoms with Crippen molar-refractivity contribution < 1.29 is 40.3 Å². The average molecular weight is 709 g/mol. The minimum absolute atomic E-state index is 0.0218. The molecule has 1 atom stereocenters. The first kappa shape index (κ1) is 33.4. The van der Waals surface area contributed by atoms with Gasteiger partial charge in [0.1, 0.15) is 0 Å². The standard InChI is InChI=1S/C25H28F7IN2O2SSi/c1-14-11-16(23(26,24(27,28)29)25(30,31)32)9-10-19(14)35-22(37)20-17(7-6-8-18(20)33)21(36)34-15(2)12-38-13-39(3,4)5/h6-11,15H,12-13H2,1-5H3,(H,34,36)(H,35,37). The lowest BCUT2D eigenvalue weighted by Crippen LogP contribution is -2.50. The highest BCUT2D eigenvalue weighted by molar-refractivity contribution is 14.1. The predicted molar refractivity (Wildman–Crippen MR) is 151 cm³/mol. The van der Waals surface area contributed by atoms with Gasteiger partial charge in [-0.05, 0) is 65.6 Å². The molecule has 39 heavy (non-hydrogen) atoms. The van der Waals surface area contributed by atoms with Gasteiger partial charge in [-0.1, -0.05) is 37.8 Å². The van der Waals surface area contributed by atoms with Gasteiger partial charge < -0.3 is 10.6 Å². The molecule has 0 saturated carbocycles. The van der Waals surface area contributed by atoms with E-state index in [2.05, 4.69) is 30.3 Å². The minimum Gasteiger partial charge on any atom is -0.349 e. The Kier molecular flexibility index (Phi) is 10.6. The molecule has 0 aliphatic carbocycles. The van der Waals surface area contributed by atoms with Crippen LogP contribution >= 0.6 is 34.4 Å². The Morgan fingerprint density at radius 1 is 0.974 bits per heavy atom. The average Bonchev–Trinajstić information content (AvgIpc) is 2.77. The Morgan fingerprint density at radius 3 is 2.08 bits per heavy atom. The summed E-state index contributed by atoms with van der Waals surface area (Å²) in [5, 5.41) is 6.28. The molecule has 14 heteroatoms. The maximum atomic E-state index is 14.4. The van der Waals surface area contributed by atoms with Crippen LogP contribution in [0.25, 0.3) is 0 Å². The number of rotatable bonds is 9. The summed E-state index contributed by atoms with van der Waals surface area (Å²) >= 11 is 3.57. The molecule has 0 heterocycles. The van der Waals surface area contributed by atoms with Gasteiger partial charge in [-0.25, -0.2) is 4.39 Å². The number of carbonyl (C=O) groups excluding carboxylic acids is 2. The molecule has 0 aromatic heterocycles. The lowest BCUT2D eigenvalue weighted by Gasteiger charge is -2.30. The van der Waals surface area contributed by atoms with Crippen LogP contribution < -0.4 is 10.6 Å². The predicted octanol–water partition coefficient (Wildman–Crippen LogP) is 7.87. The van der Waals surface area contributed by atoms with Crippen molar-refractivity contribution in [2.45, 2.75) is 57.6 Å². The lowest BCUT2D eigenvalue weighted by molar-refractivity contribution is -0.348. The van der Waals surface area contributed by atoms with Gasteiger partial charge in [-0.2, -0.15) is 38.1 Å². The van der Waals surface area contributed by atoms with Gasteiger partial charge in [-0.3, -0.25) is 9.59 Å². The molecule has 2 amide bonds. The molecule has 0 fully saturated rings. The highest BCUT2D eigenvalue weighted by Crippen LogP contribution is 2.53. The van der Waals surface area contributed by atoms with Gasteiger partial charge in [0.15, 0.2) is 0 Å². The first-order valence-corrected chi connectivity index (χ1v) is 17.5. The first-order valence-electron chi connectivity index (χ1n) is 11.6. The lowest BCUT2D eigenvalue weighted by atomic mass is 9.92. The van der Waals surface area contributed by atoms with E-state index in [-0.39, 0.29) is 28.4 Å². The number of hydrogen-bond acceptors (Lipinski definition) is 3. The molecule has 2 aromatic carbocycles. The molecule has 0 bridgehead atoms. The van der Waals surface area contributed by atoms with Crippen LogP contribution in [0.5, 0.6) is 0 Å². The molecule has 4 nitrogen and oxygen atoms in total. The van der Waals surface area contributed by atoms with Crippen molar-refractivity contribution in [3.8, 4) is 0 Å². The van der Waals surface area contributed by atoms with Gasteiger partial charge >= 0.3 is 18.0 Å². The molecule has 0 aliphatic heterocycles. The summed E-state index contributed by atoms with van der Waals surface area (Å²) in [5.74, 6) is -0.650. The highest BCUT2D eigenvalue weighted by atomic mass is 127. The monoisotopic (exact) mass is 708 g/mol. The summed E-state index contributed by atoms with van der Waals surface area (Å²) in [6, 6.07) is 5.86. The quantitative estimate of drug-likeness (QED) is 0.159. The van der Waals surface area contributed by atoms with Crippen LogP contribution in [0.3, 0.4) is 0 Å². The van der Waals surface area contributed by atoms with Crippen LogP contribution in [0.15, 0.2) is 36.4 Å². The number of nitrogens with one attached hydrogen (secondary N) is 2. The number of amides is 2. The van der Waals surface area contributed by atoms with E-state index in [1.165, 1.54) is 6.07 Å². The van der Waals surface area contributed by atoms with E-state index in [9.17, 15) is 40.3 Å². The van der Waals surface area contributed by atoms with Crippen LogP contribution in [-0.4, -0.2) is 49.4 Å². The molecule has 0 saturated heterocycles. The molecule has 2 aromatic rings. The van der Waals surface area contributed by atoms with E-state index in [0.29, 0.717) is 21.5 Å². The Hall–Kier alpha value is -1.81. The zero-order valence-corrected chi connectivity index (χ0v) is 25.7. The van der Waals surface area contributed by atoms with Crippen LogP contribution in [0.1, 0.15) is 38.8 Å². The van der Waals surface area contributed by atoms with Gasteiger partial charge in [0.2, 0.25) is 0 Å². The first-order chi connectivity index (χ1) is 17.7. The second kappa shape index (κ2) is 12.4. The van der Waals surface area contributed by atoms with E-state index < -0.39 is 43.5 Å². The fraction of sp³-hybridized carbons (Fsp3) is 0.440. The zero-order chi connectivity index (χ0) is 30.0. The van der Waals surface area contributed by atoms with E-state index in [4.69, 9.17) is 0 Å². The van der Waals surface area contributed by atoms with E-state index >= 15 is 0 Å². The SMILES string of the molecule is Cc1cc(C(F)(C(F)(F)F)C(F)(F)F)ccc1NC(=O)c1c(I)cccc1C(=O)NC(C)CSC[Si](C)(C)C. The van der Waals surface area contributed by atoms with Gasteiger partial charge in [0, 0.05) is 26.6 Å². The van der Waals surface area contributed by atoms with Gasteiger partial charge in [-0.15, -0.1) is 0 Å². The highest BCUT2D eigenvalue weighted by Gasteiger charge is 2.73. The van der Waals surface area contributed by atoms with Crippen molar-refractivity contribution >= 4 is 59.9 Å². The largest absolute Gasteiger partial charge is 0.435 e. The molecule has 2 rings (SSSR count). The van der Waals surface area contributed by atoms with E-state index in [1.807, 2.05) is 29.5 Å². The topological polar surface area (TPSA) is 58.2 Å². The number of aryl methyl sites for hydroxylation is 1. The van der Waals surface area contributed by atoms with Crippen molar-refractivity contribution in [3.63, 3.8) is 0 Å². The number of hydrogen-bond donors (Lipinski definition) is 2. The molecule has 0 spiro atoms. The van der Waals surface area contributed by atoms with Crippen LogP contribution in [-0.2, 0) is 5.67 Å². The summed E-state index contributed by atoms with van der Waals surface area (Å²) in [4.78, 5) is 26.2. The second-order valence-electron chi connectivity index (χ2n) is 10.3. The van der Waals surface area contributed by atoms with Crippen molar-refractivity contribution in [2.24, 2.45) is 0 Å². The van der Waals surface area contributed by atoms with Gasteiger partial charge in [0.25, 0.3) is 11.8 Å². The third-order valence-electron chi connectivity index (χ3n) is 5.42. The van der Waals surface area contributed by atoms with Crippen molar-refractivity contribution in [1.29, 1.82) is 0 Å². The number of thioether (sulfide) groups is 1. The normalized spacial score (nSPS) is 13.7. The van der Waals surface area contributed by atoms with Crippen LogP contribution in [0, 0.1) is 10.5 Å². The third kappa shape index (κ3) is 8.12. The maximum Gasteiger partial charge on any atom is 0.435 e. The number of alkyl halides is 7. The van der Waals surface area contributed by atoms with E-state index in [0.717, 1.165) is 18.4 Å². The summed E-state index contributed by atoms with van der Waals surface area (Å²) in [5.41, 5.74) is -7.59. The van der Waals surface area contributed by atoms with Crippen LogP contribution in [0.2, 0.25) is 19.6 Å². The summed E-state index contributed by atoms with van der Waals surface area (Å²) in [6.45, 7) is 9.66. The Morgan fingerprint density at radius 2 is 1.56 bits per heavy atom. The Bertz CT molecular complexity index is 1200. The molecule has 216 valence electrons. The van der Waals surface area contributed by atoms with Crippen molar-refractivity contribution in [3.05, 3.63) is 62.2 Å². The molecule has 0 radical (unpaired) electrons. The van der Waals surface area contributed by atoms with Crippen LogP contribution in [0.4, 0.5) is 36.4 Å². The van der Waals surface area contributed by atoms with Crippen molar-refractivity contribution in [1.82, 2.24) is 5.32 Å². The number of anilines is 1. The molecular weight excluding hydrogens is 680 g/mol. The van der Waals surface area contributed by atoms with Crippen molar-refractivity contribution in [2.75, 3.05) is 16.4 Å².